The molecule has 0 rings (SSSR count). The van der Waals surface area contributed by atoms with Gasteiger partial charge in [0.25, 0.3) is 0 Å². The number of nitrogens with one attached hydrogen (secondary N) is 1. The van der Waals surface area contributed by atoms with Gasteiger partial charge in [0.05, 0.1) is 0 Å². The lowest BCUT2D eigenvalue weighted by Crippen LogP contribution is -2.20. The van der Waals surface area contributed by atoms with Gasteiger partial charge in [0, 0.05) is 7.05 Å². The Morgan fingerprint density at radius 3 is 2.60 bits per heavy atom. The number of halogens is 1. The van der Waals surface area contributed by atoms with Crippen LogP contribution in [0.2, 0.25) is 0 Å². The summed E-state index contributed by atoms with van der Waals surface area (Å²) in [5.74, 6) is 0.648. The molecular formula is C6H10ClN3. The second-order valence-corrected chi connectivity index (χ2v) is 2.18. The number of rotatable bonds is 2. The summed E-state index contributed by atoms with van der Waals surface area (Å²) < 4.78 is 0. The zero-order valence-corrected chi connectivity index (χ0v) is 6.81. The van der Waals surface area contributed by atoms with Crippen molar-refractivity contribution in [1.82, 2.24) is 4.90 Å². The molecule has 0 fully saturated rings. The first-order chi connectivity index (χ1) is 4.59. The van der Waals surface area contributed by atoms with Gasteiger partial charge in [-0.3, -0.25) is 5.41 Å². The number of nitrogens with zero attached hydrogens (tertiary/aromatic N) is 2. The van der Waals surface area contributed by atoms with Crippen LogP contribution in [0, 0.1) is 5.41 Å². The first kappa shape index (κ1) is 9.17. The molecule has 0 heterocycles. The van der Waals surface area contributed by atoms with E-state index in [0.29, 0.717) is 11.0 Å². The SMILES string of the molecule is C=C(Cl)N(C)/C(C)=N/C=N. The fourth-order valence-corrected chi connectivity index (χ4v) is 0.478. The predicted molar refractivity (Wildman–Crippen MR) is 44.6 cm³/mol. The summed E-state index contributed by atoms with van der Waals surface area (Å²) >= 11 is 5.53. The third-order valence-electron chi connectivity index (χ3n) is 1.10. The summed E-state index contributed by atoms with van der Waals surface area (Å²) in [6, 6.07) is 0. The Kier molecular flexibility index (Phi) is 3.72. The first-order valence-corrected chi connectivity index (χ1v) is 3.09. The highest BCUT2D eigenvalue weighted by Gasteiger charge is 1.99. The zero-order valence-electron chi connectivity index (χ0n) is 6.06. The lowest BCUT2D eigenvalue weighted by molar-refractivity contribution is 0.668. The van der Waals surface area contributed by atoms with Crippen LogP contribution in [0.3, 0.4) is 0 Å². The number of aliphatic imine (C=N–C) groups is 1. The fourth-order valence-electron chi connectivity index (χ4n) is 0.356. The van der Waals surface area contributed by atoms with Crippen LogP contribution in [0.15, 0.2) is 16.7 Å². The van der Waals surface area contributed by atoms with Crippen molar-refractivity contribution in [2.24, 2.45) is 4.99 Å². The Bertz CT molecular complexity index is 174. The summed E-state index contributed by atoms with van der Waals surface area (Å²) in [5.41, 5.74) is 0. The highest BCUT2D eigenvalue weighted by atomic mass is 35.5. The van der Waals surface area contributed by atoms with Crippen LogP contribution in [0.5, 0.6) is 0 Å². The Hall–Kier alpha value is -0.830. The molecule has 0 aromatic rings. The van der Waals surface area contributed by atoms with E-state index in [1.165, 1.54) is 0 Å². The Balaban J connectivity index is 4.19. The smallest absolute Gasteiger partial charge is 0.109 e. The van der Waals surface area contributed by atoms with Gasteiger partial charge < -0.3 is 4.90 Å². The third kappa shape index (κ3) is 2.64. The minimum Gasteiger partial charge on any atom is -0.324 e. The third-order valence-corrected chi connectivity index (χ3v) is 1.35. The molecule has 0 aliphatic heterocycles. The van der Waals surface area contributed by atoms with Crippen LogP contribution in [-0.2, 0) is 0 Å². The Labute approximate surface area is 65.5 Å². The van der Waals surface area contributed by atoms with Gasteiger partial charge in [0.15, 0.2) is 0 Å². The average Bonchev–Trinajstić information content (AvgIpc) is 1.87. The van der Waals surface area contributed by atoms with Crippen molar-refractivity contribution in [1.29, 1.82) is 5.41 Å². The van der Waals surface area contributed by atoms with Crippen molar-refractivity contribution in [2.75, 3.05) is 7.05 Å². The summed E-state index contributed by atoms with van der Waals surface area (Å²) in [7, 11) is 1.73. The molecule has 1 N–H and O–H groups in total. The first-order valence-electron chi connectivity index (χ1n) is 2.71. The molecule has 3 nitrogen and oxygen atoms in total. The highest BCUT2D eigenvalue weighted by molar-refractivity contribution is 6.30. The second kappa shape index (κ2) is 4.06. The van der Waals surface area contributed by atoms with E-state index in [4.69, 9.17) is 17.0 Å². The molecule has 10 heavy (non-hydrogen) atoms. The minimum absolute atomic E-state index is 0.392. The van der Waals surface area contributed by atoms with Crippen LogP contribution in [0.4, 0.5) is 0 Å². The van der Waals surface area contributed by atoms with E-state index < -0.39 is 0 Å². The maximum atomic E-state index is 6.66. The summed E-state index contributed by atoms with van der Waals surface area (Å²) in [4.78, 5) is 5.27. The van der Waals surface area contributed by atoms with E-state index >= 15 is 0 Å². The molecule has 0 aromatic carbocycles. The van der Waals surface area contributed by atoms with Crippen LogP contribution in [0.1, 0.15) is 6.92 Å². The molecule has 0 saturated heterocycles. The van der Waals surface area contributed by atoms with Crippen molar-refractivity contribution >= 4 is 23.8 Å². The van der Waals surface area contributed by atoms with Crippen molar-refractivity contribution < 1.29 is 0 Å². The van der Waals surface area contributed by atoms with Crippen LogP contribution in [0.25, 0.3) is 0 Å². The maximum Gasteiger partial charge on any atom is 0.109 e. The molecule has 4 heteroatoms. The summed E-state index contributed by atoms with van der Waals surface area (Å²) in [5, 5.41) is 7.05. The van der Waals surface area contributed by atoms with Crippen molar-refractivity contribution in [3.63, 3.8) is 0 Å². The number of amidine groups is 1. The number of hydrogen-bond acceptors (Lipinski definition) is 1. The molecular weight excluding hydrogens is 150 g/mol. The predicted octanol–water partition coefficient (Wildman–Crippen LogP) is 1.65. The lowest BCUT2D eigenvalue weighted by atomic mass is 10.6. The summed E-state index contributed by atoms with van der Waals surface area (Å²) in [6.45, 7) is 5.24. The molecule has 0 radical (unpaired) electrons. The Morgan fingerprint density at radius 1 is 1.80 bits per heavy atom. The Morgan fingerprint density at radius 2 is 2.30 bits per heavy atom. The van der Waals surface area contributed by atoms with Gasteiger partial charge in [-0.25, -0.2) is 4.99 Å². The minimum atomic E-state index is 0.392. The van der Waals surface area contributed by atoms with E-state index in [2.05, 4.69) is 11.6 Å². The van der Waals surface area contributed by atoms with Crippen LogP contribution in [-0.4, -0.2) is 24.1 Å². The van der Waals surface area contributed by atoms with E-state index in [-0.39, 0.29) is 0 Å². The molecule has 0 aliphatic carbocycles. The standard InChI is InChI=1S/C6H10ClN3/c1-5(7)10(3)6(2)9-4-8/h4,8H,1H2,2-3H3/b8-4?,9-6+. The van der Waals surface area contributed by atoms with Gasteiger partial charge in [0.1, 0.15) is 17.3 Å². The zero-order chi connectivity index (χ0) is 8.15. The van der Waals surface area contributed by atoms with Crippen molar-refractivity contribution in [2.45, 2.75) is 6.92 Å². The van der Waals surface area contributed by atoms with Gasteiger partial charge in [-0.1, -0.05) is 18.2 Å². The molecule has 56 valence electrons. The van der Waals surface area contributed by atoms with Crippen molar-refractivity contribution in [3.05, 3.63) is 11.7 Å². The van der Waals surface area contributed by atoms with E-state index in [0.717, 1.165) is 6.34 Å². The topological polar surface area (TPSA) is 39.5 Å². The number of hydrogen-bond donors (Lipinski definition) is 1. The van der Waals surface area contributed by atoms with Crippen LogP contribution >= 0.6 is 11.6 Å². The second-order valence-electron chi connectivity index (χ2n) is 1.74. The fraction of sp³-hybridized carbons (Fsp3) is 0.333. The van der Waals surface area contributed by atoms with Gasteiger partial charge in [-0.2, -0.15) is 0 Å². The molecule has 0 amide bonds. The molecule has 0 unspecified atom stereocenters. The van der Waals surface area contributed by atoms with Gasteiger partial charge in [0.2, 0.25) is 0 Å². The lowest BCUT2D eigenvalue weighted by Gasteiger charge is -2.14. The van der Waals surface area contributed by atoms with Gasteiger partial charge in [-0.05, 0) is 6.92 Å². The van der Waals surface area contributed by atoms with E-state index in [1.54, 1.807) is 18.9 Å². The molecule has 0 aromatic heterocycles. The summed E-state index contributed by atoms with van der Waals surface area (Å²) in [6.07, 6.45) is 0.964. The van der Waals surface area contributed by atoms with Gasteiger partial charge >= 0.3 is 0 Å². The normalized spacial score (nSPS) is 10.9. The monoisotopic (exact) mass is 159 g/mol. The quantitative estimate of drug-likeness (QED) is 0.372. The highest BCUT2D eigenvalue weighted by Crippen LogP contribution is 2.03. The van der Waals surface area contributed by atoms with Crippen LogP contribution < -0.4 is 0 Å². The molecule has 0 atom stereocenters. The average molecular weight is 160 g/mol. The van der Waals surface area contributed by atoms with E-state index in [9.17, 15) is 0 Å². The largest absolute Gasteiger partial charge is 0.324 e. The molecule has 0 saturated carbocycles. The maximum absolute atomic E-state index is 6.66. The molecule has 0 bridgehead atoms. The van der Waals surface area contributed by atoms with E-state index in [1.807, 2.05) is 0 Å². The van der Waals surface area contributed by atoms with Crippen molar-refractivity contribution in [3.8, 4) is 0 Å². The molecule has 0 aliphatic rings. The van der Waals surface area contributed by atoms with Gasteiger partial charge in [-0.15, -0.1) is 0 Å². The molecule has 0 spiro atoms.